The van der Waals surface area contributed by atoms with Gasteiger partial charge in [0.05, 0.1) is 22.1 Å². The molecule has 29 heavy (non-hydrogen) atoms. The number of hydrogen-bond acceptors (Lipinski definition) is 1. The van der Waals surface area contributed by atoms with Crippen LogP contribution in [0.3, 0.4) is 0 Å². The predicted octanol–water partition coefficient (Wildman–Crippen LogP) is 6.94. The fraction of sp³-hybridized carbons (Fsp3) is 0. The van der Waals surface area contributed by atoms with Gasteiger partial charge in [-0.2, -0.15) is 0 Å². The van der Waals surface area contributed by atoms with Gasteiger partial charge in [0.25, 0.3) is 0 Å². The van der Waals surface area contributed by atoms with Crippen molar-refractivity contribution >= 4 is 49.5 Å². The van der Waals surface area contributed by atoms with Gasteiger partial charge in [0.15, 0.2) is 5.58 Å². The fourth-order valence-electron chi connectivity index (χ4n) is 4.66. The van der Waals surface area contributed by atoms with E-state index in [-0.39, 0.29) is 0 Å². The number of benzene rings is 4. The summed E-state index contributed by atoms with van der Waals surface area (Å²) in [4.78, 5) is 0. The Bertz CT molecular complexity index is 1700. The summed E-state index contributed by atoms with van der Waals surface area (Å²) in [6.45, 7) is 0. The largest absolute Gasteiger partial charge is 0.438 e. The molecule has 3 aromatic heterocycles. The van der Waals surface area contributed by atoms with E-state index in [0.717, 1.165) is 22.5 Å². The van der Waals surface area contributed by atoms with Crippen LogP contribution in [0.25, 0.3) is 55.2 Å². The first-order valence-corrected chi connectivity index (χ1v) is 9.80. The number of fused-ring (bicyclic) bond motifs is 8. The molecule has 7 rings (SSSR count). The van der Waals surface area contributed by atoms with Crippen LogP contribution in [0, 0.1) is 0 Å². The summed E-state index contributed by atoms with van der Waals surface area (Å²) in [6, 6.07) is 34.1. The molecule has 0 saturated heterocycles. The minimum atomic E-state index is 0.879. The highest BCUT2D eigenvalue weighted by atomic mass is 16.3. The molecular weight excluding hydrogens is 356 g/mol. The normalized spacial score (nSPS) is 12.1. The molecule has 0 amide bonds. The van der Waals surface area contributed by atoms with Crippen LogP contribution in [0.5, 0.6) is 0 Å². The lowest BCUT2D eigenvalue weighted by Crippen LogP contribution is -1.93. The SMILES string of the molecule is c1ccc(-n2c3ccccc3c3cc4oc5cc6ccccc6n5c4cc32)cc1. The highest BCUT2D eigenvalue weighted by Gasteiger charge is 2.17. The molecule has 0 spiro atoms. The third kappa shape index (κ3) is 1.91. The Hall–Kier alpha value is -3.98. The topological polar surface area (TPSA) is 22.5 Å². The maximum absolute atomic E-state index is 6.26. The summed E-state index contributed by atoms with van der Waals surface area (Å²) < 4.78 is 10.8. The molecule has 136 valence electrons. The second kappa shape index (κ2) is 5.30. The second-order valence-corrected chi connectivity index (χ2v) is 7.50. The lowest BCUT2D eigenvalue weighted by Gasteiger charge is -2.07. The first kappa shape index (κ1) is 15.0. The Morgan fingerprint density at radius 3 is 2.21 bits per heavy atom. The van der Waals surface area contributed by atoms with Gasteiger partial charge >= 0.3 is 0 Å². The molecule has 7 aromatic rings. The lowest BCUT2D eigenvalue weighted by molar-refractivity contribution is 0.658. The van der Waals surface area contributed by atoms with E-state index in [4.69, 9.17) is 4.42 Å². The standard InChI is InChI=1S/C26H16N2O/c1-2-9-18(10-3-1)27-22-13-7-5-11-19(22)20-15-25-24(16-23(20)27)28-21-12-6-4-8-17(21)14-26(28)29-25/h1-16H. The molecule has 3 heterocycles. The predicted molar refractivity (Wildman–Crippen MR) is 119 cm³/mol. The summed E-state index contributed by atoms with van der Waals surface area (Å²) in [5, 5.41) is 3.63. The van der Waals surface area contributed by atoms with Gasteiger partial charge in [-0.25, -0.2) is 0 Å². The number of oxazole rings is 1. The summed E-state index contributed by atoms with van der Waals surface area (Å²) in [6.07, 6.45) is 0. The highest BCUT2D eigenvalue weighted by Crippen LogP contribution is 2.37. The van der Waals surface area contributed by atoms with Crippen LogP contribution in [0.1, 0.15) is 0 Å². The average molecular weight is 372 g/mol. The Kier molecular flexibility index (Phi) is 2.74. The van der Waals surface area contributed by atoms with E-state index in [2.05, 4.69) is 106 Å². The van der Waals surface area contributed by atoms with Gasteiger partial charge in [0.2, 0.25) is 5.71 Å². The molecule has 3 nitrogen and oxygen atoms in total. The van der Waals surface area contributed by atoms with Crippen molar-refractivity contribution in [1.29, 1.82) is 0 Å². The van der Waals surface area contributed by atoms with E-state index in [1.54, 1.807) is 0 Å². The van der Waals surface area contributed by atoms with E-state index >= 15 is 0 Å². The summed E-state index contributed by atoms with van der Waals surface area (Å²) in [5.41, 5.74) is 7.60. The van der Waals surface area contributed by atoms with Crippen molar-refractivity contribution in [3.8, 4) is 5.69 Å². The average Bonchev–Trinajstić information content (AvgIpc) is 3.40. The van der Waals surface area contributed by atoms with Crippen LogP contribution in [0.2, 0.25) is 0 Å². The van der Waals surface area contributed by atoms with E-state index in [1.807, 2.05) is 0 Å². The van der Waals surface area contributed by atoms with Crippen LogP contribution in [0.15, 0.2) is 101 Å². The molecule has 0 atom stereocenters. The van der Waals surface area contributed by atoms with Crippen molar-refractivity contribution in [2.45, 2.75) is 0 Å². The minimum Gasteiger partial charge on any atom is -0.438 e. The Morgan fingerprint density at radius 1 is 0.552 bits per heavy atom. The highest BCUT2D eigenvalue weighted by molar-refractivity contribution is 6.13. The molecule has 0 unspecified atom stereocenters. The van der Waals surface area contributed by atoms with Crippen LogP contribution in [-0.2, 0) is 0 Å². The summed E-state index contributed by atoms with van der Waals surface area (Å²) in [5.74, 6) is 0. The van der Waals surface area contributed by atoms with Gasteiger partial charge in [-0.3, -0.25) is 4.40 Å². The molecule has 4 aromatic carbocycles. The van der Waals surface area contributed by atoms with Gasteiger partial charge in [0.1, 0.15) is 0 Å². The molecule has 0 aliphatic rings. The lowest BCUT2D eigenvalue weighted by atomic mass is 10.1. The van der Waals surface area contributed by atoms with Crippen LogP contribution >= 0.6 is 0 Å². The zero-order chi connectivity index (χ0) is 18.9. The number of rotatable bonds is 1. The molecular formula is C26H16N2O. The van der Waals surface area contributed by atoms with Crippen molar-refractivity contribution in [2.24, 2.45) is 0 Å². The van der Waals surface area contributed by atoms with Crippen molar-refractivity contribution < 1.29 is 4.42 Å². The Morgan fingerprint density at radius 2 is 1.31 bits per heavy atom. The summed E-state index contributed by atoms with van der Waals surface area (Å²) in [7, 11) is 0. The maximum Gasteiger partial charge on any atom is 0.205 e. The molecule has 0 fully saturated rings. The van der Waals surface area contributed by atoms with Gasteiger partial charge in [-0.1, -0.05) is 54.6 Å². The molecule has 0 radical (unpaired) electrons. The molecule has 0 aliphatic carbocycles. The van der Waals surface area contributed by atoms with Crippen molar-refractivity contribution in [3.05, 3.63) is 97.1 Å². The van der Waals surface area contributed by atoms with Crippen molar-refractivity contribution in [3.63, 3.8) is 0 Å². The van der Waals surface area contributed by atoms with Gasteiger partial charge < -0.3 is 8.98 Å². The minimum absolute atomic E-state index is 0.879. The second-order valence-electron chi connectivity index (χ2n) is 7.50. The van der Waals surface area contributed by atoms with Crippen LogP contribution in [-0.4, -0.2) is 8.97 Å². The molecule has 3 heteroatoms. The summed E-state index contributed by atoms with van der Waals surface area (Å²) >= 11 is 0. The van der Waals surface area contributed by atoms with Crippen molar-refractivity contribution in [1.82, 2.24) is 8.97 Å². The zero-order valence-corrected chi connectivity index (χ0v) is 15.5. The fourth-order valence-corrected chi connectivity index (χ4v) is 4.66. The van der Waals surface area contributed by atoms with Crippen molar-refractivity contribution in [2.75, 3.05) is 0 Å². The third-order valence-corrected chi connectivity index (χ3v) is 5.90. The smallest absolute Gasteiger partial charge is 0.205 e. The number of hydrogen-bond donors (Lipinski definition) is 0. The Labute approximate surface area is 166 Å². The third-order valence-electron chi connectivity index (χ3n) is 5.90. The van der Waals surface area contributed by atoms with Gasteiger partial charge in [-0.15, -0.1) is 0 Å². The zero-order valence-electron chi connectivity index (χ0n) is 15.5. The van der Waals surface area contributed by atoms with E-state index < -0.39 is 0 Å². The van der Waals surface area contributed by atoms with E-state index in [0.29, 0.717) is 0 Å². The van der Waals surface area contributed by atoms with Gasteiger partial charge in [0, 0.05) is 27.9 Å². The molecule has 0 bridgehead atoms. The first-order chi connectivity index (χ1) is 14.4. The van der Waals surface area contributed by atoms with Crippen LogP contribution in [0.4, 0.5) is 0 Å². The maximum atomic E-state index is 6.26. The molecule has 0 aliphatic heterocycles. The molecule has 0 saturated carbocycles. The Balaban J connectivity index is 1.71. The number of nitrogens with zero attached hydrogens (tertiary/aromatic N) is 2. The van der Waals surface area contributed by atoms with Gasteiger partial charge in [-0.05, 0) is 36.4 Å². The van der Waals surface area contributed by atoms with Crippen LogP contribution < -0.4 is 0 Å². The first-order valence-electron chi connectivity index (χ1n) is 9.80. The number of aromatic nitrogens is 2. The quantitative estimate of drug-likeness (QED) is 0.306. The number of para-hydroxylation sites is 3. The molecule has 0 N–H and O–H groups in total. The van der Waals surface area contributed by atoms with E-state index in [1.165, 1.54) is 32.7 Å². The monoisotopic (exact) mass is 372 g/mol. The van der Waals surface area contributed by atoms with E-state index in [9.17, 15) is 0 Å².